The topological polar surface area (TPSA) is 80.5 Å². The molecule has 6 heteroatoms. The average molecular weight is 238 g/mol. The Labute approximate surface area is 101 Å². The summed E-state index contributed by atoms with van der Waals surface area (Å²) in [4.78, 5) is 17.6. The Kier molecular flexibility index (Phi) is 4.86. The first-order valence-electron chi connectivity index (χ1n) is 5.23. The second kappa shape index (κ2) is 6.17. The van der Waals surface area contributed by atoms with Crippen molar-refractivity contribution in [3.8, 4) is 0 Å². The lowest BCUT2D eigenvalue weighted by Gasteiger charge is -2.14. The largest absolute Gasteiger partial charge is 0.383 e. The molecule has 3 N–H and O–H groups in total. The number of aromatic nitrogens is 1. The number of amides is 1. The van der Waals surface area contributed by atoms with Crippen molar-refractivity contribution in [1.82, 2.24) is 4.98 Å². The molecule has 1 aromatic rings. The second-order valence-electron chi connectivity index (χ2n) is 3.85. The zero-order valence-electron chi connectivity index (χ0n) is 10.3. The maximum absolute atomic E-state index is 11.6. The van der Waals surface area contributed by atoms with Crippen LogP contribution in [0.2, 0.25) is 0 Å². The highest BCUT2D eigenvalue weighted by molar-refractivity contribution is 5.95. The molecule has 6 nitrogen and oxygen atoms in total. The van der Waals surface area contributed by atoms with Gasteiger partial charge in [-0.1, -0.05) is 0 Å². The molecule has 1 heterocycles. The number of hydrogen-bond acceptors (Lipinski definition) is 5. The minimum atomic E-state index is -0.670. The van der Waals surface area contributed by atoms with E-state index in [1.54, 1.807) is 18.3 Å². The van der Waals surface area contributed by atoms with Crippen molar-refractivity contribution in [1.29, 1.82) is 0 Å². The first-order valence-corrected chi connectivity index (χ1v) is 5.23. The van der Waals surface area contributed by atoms with Crippen molar-refractivity contribution < 1.29 is 9.53 Å². The van der Waals surface area contributed by atoms with E-state index < -0.39 is 6.04 Å². The molecule has 1 atom stereocenters. The molecule has 0 spiro atoms. The van der Waals surface area contributed by atoms with Gasteiger partial charge in [0.05, 0.1) is 6.61 Å². The van der Waals surface area contributed by atoms with Crippen LogP contribution in [0.15, 0.2) is 18.3 Å². The van der Waals surface area contributed by atoms with Gasteiger partial charge in [-0.05, 0) is 6.07 Å². The third kappa shape index (κ3) is 4.01. The van der Waals surface area contributed by atoms with Crippen LogP contribution in [0.4, 0.5) is 11.5 Å². The number of rotatable bonds is 5. The van der Waals surface area contributed by atoms with Gasteiger partial charge in [-0.15, -0.1) is 0 Å². The third-order valence-corrected chi connectivity index (χ3v) is 2.15. The van der Waals surface area contributed by atoms with Crippen molar-refractivity contribution in [2.75, 3.05) is 38.0 Å². The predicted molar refractivity (Wildman–Crippen MR) is 67.0 cm³/mol. The molecule has 17 heavy (non-hydrogen) atoms. The number of carbonyl (C=O) groups is 1. The van der Waals surface area contributed by atoms with Gasteiger partial charge < -0.3 is 20.7 Å². The molecule has 0 bridgehead atoms. The van der Waals surface area contributed by atoms with Gasteiger partial charge in [-0.2, -0.15) is 0 Å². The third-order valence-electron chi connectivity index (χ3n) is 2.15. The zero-order chi connectivity index (χ0) is 12.8. The van der Waals surface area contributed by atoms with Gasteiger partial charge in [0.1, 0.15) is 11.9 Å². The molecule has 1 rings (SSSR count). The smallest absolute Gasteiger partial charge is 0.243 e. The Hall–Kier alpha value is -1.66. The van der Waals surface area contributed by atoms with Gasteiger partial charge in [0, 0.05) is 39.2 Å². The van der Waals surface area contributed by atoms with E-state index in [2.05, 4.69) is 10.3 Å². The molecule has 0 aliphatic heterocycles. The van der Waals surface area contributed by atoms with Crippen LogP contribution >= 0.6 is 0 Å². The van der Waals surface area contributed by atoms with Crippen LogP contribution in [-0.4, -0.2) is 44.7 Å². The standard InChI is InChI=1S/C11H18N4O2/c1-15(2)10-6-8(4-5-13-10)14-11(16)9(12)7-17-3/h4-6,9H,7,12H2,1-3H3,(H,13,14,16). The number of ether oxygens (including phenoxy) is 1. The first-order chi connectivity index (χ1) is 8.04. The maximum Gasteiger partial charge on any atom is 0.243 e. The van der Waals surface area contributed by atoms with Crippen LogP contribution in [-0.2, 0) is 9.53 Å². The number of nitrogens with one attached hydrogen (secondary N) is 1. The van der Waals surface area contributed by atoms with Gasteiger partial charge in [-0.3, -0.25) is 4.79 Å². The van der Waals surface area contributed by atoms with Gasteiger partial charge in [0.2, 0.25) is 5.91 Å². The number of nitrogens with two attached hydrogens (primary N) is 1. The highest BCUT2D eigenvalue weighted by atomic mass is 16.5. The number of pyridine rings is 1. The Balaban J connectivity index is 2.68. The van der Waals surface area contributed by atoms with E-state index >= 15 is 0 Å². The van der Waals surface area contributed by atoms with Crippen molar-refractivity contribution in [3.05, 3.63) is 18.3 Å². The van der Waals surface area contributed by atoms with E-state index in [0.29, 0.717) is 5.69 Å². The Bertz CT molecular complexity index is 381. The fraction of sp³-hybridized carbons (Fsp3) is 0.455. The Morgan fingerprint density at radius 3 is 2.94 bits per heavy atom. The summed E-state index contributed by atoms with van der Waals surface area (Å²) in [5.41, 5.74) is 6.28. The molecule has 0 aliphatic carbocycles. The van der Waals surface area contributed by atoms with Crippen molar-refractivity contribution in [2.24, 2.45) is 5.73 Å². The monoisotopic (exact) mass is 238 g/mol. The number of anilines is 2. The van der Waals surface area contributed by atoms with Crippen molar-refractivity contribution >= 4 is 17.4 Å². The lowest BCUT2D eigenvalue weighted by molar-refractivity contribution is -0.118. The normalized spacial score (nSPS) is 12.0. The molecule has 1 aromatic heterocycles. The summed E-state index contributed by atoms with van der Waals surface area (Å²) >= 11 is 0. The van der Waals surface area contributed by atoms with E-state index in [0.717, 1.165) is 5.82 Å². The molecule has 0 saturated heterocycles. The molecule has 0 saturated carbocycles. The van der Waals surface area contributed by atoms with Crippen LogP contribution in [0, 0.1) is 0 Å². The summed E-state index contributed by atoms with van der Waals surface area (Å²) in [5, 5.41) is 2.71. The van der Waals surface area contributed by atoms with Gasteiger partial charge in [0.25, 0.3) is 0 Å². The molecule has 94 valence electrons. The van der Waals surface area contributed by atoms with Crippen LogP contribution in [0.25, 0.3) is 0 Å². The lowest BCUT2D eigenvalue weighted by Crippen LogP contribution is -2.39. The van der Waals surface area contributed by atoms with Gasteiger partial charge in [0.15, 0.2) is 0 Å². The summed E-state index contributed by atoms with van der Waals surface area (Å²) < 4.78 is 4.82. The minimum Gasteiger partial charge on any atom is -0.383 e. The summed E-state index contributed by atoms with van der Waals surface area (Å²) in [6, 6.07) is 2.82. The summed E-state index contributed by atoms with van der Waals surface area (Å²) in [6.45, 7) is 0.192. The Morgan fingerprint density at radius 2 is 2.35 bits per heavy atom. The van der Waals surface area contributed by atoms with Crippen molar-refractivity contribution in [2.45, 2.75) is 6.04 Å². The molecular weight excluding hydrogens is 220 g/mol. The SMILES string of the molecule is COCC(N)C(=O)Nc1ccnc(N(C)C)c1. The van der Waals surface area contributed by atoms with Gasteiger partial charge in [-0.25, -0.2) is 4.98 Å². The van der Waals surface area contributed by atoms with E-state index in [4.69, 9.17) is 10.5 Å². The number of methoxy groups -OCH3 is 1. The zero-order valence-corrected chi connectivity index (χ0v) is 10.3. The highest BCUT2D eigenvalue weighted by Gasteiger charge is 2.13. The molecule has 0 aliphatic rings. The predicted octanol–water partition coefficient (Wildman–Crippen LogP) is 0.0598. The number of carbonyl (C=O) groups excluding carboxylic acids is 1. The number of hydrogen-bond donors (Lipinski definition) is 2. The molecule has 1 unspecified atom stereocenters. The van der Waals surface area contributed by atoms with Gasteiger partial charge >= 0.3 is 0 Å². The lowest BCUT2D eigenvalue weighted by atomic mass is 10.3. The quantitative estimate of drug-likeness (QED) is 0.758. The fourth-order valence-corrected chi connectivity index (χ4v) is 1.23. The van der Waals surface area contributed by atoms with Crippen LogP contribution in [0.5, 0.6) is 0 Å². The van der Waals surface area contributed by atoms with E-state index in [-0.39, 0.29) is 12.5 Å². The van der Waals surface area contributed by atoms with Crippen LogP contribution in [0.3, 0.4) is 0 Å². The molecular formula is C11H18N4O2. The van der Waals surface area contributed by atoms with Crippen molar-refractivity contribution in [3.63, 3.8) is 0 Å². The molecule has 0 fully saturated rings. The molecule has 0 aromatic carbocycles. The molecule has 0 radical (unpaired) electrons. The van der Waals surface area contributed by atoms with Crippen LogP contribution in [0.1, 0.15) is 0 Å². The van der Waals surface area contributed by atoms with E-state index in [1.807, 2.05) is 19.0 Å². The van der Waals surface area contributed by atoms with Crippen LogP contribution < -0.4 is 16.0 Å². The Morgan fingerprint density at radius 1 is 1.65 bits per heavy atom. The minimum absolute atomic E-state index is 0.192. The summed E-state index contributed by atoms with van der Waals surface area (Å²) in [7, 11) is 5.26. The first kappa shape index (κ1) is 13.4. The summed E-state index contributed by atoms with van der Waals surface area (Å²) in [5.74, 6) is 0.492. The highest BCUT2D eigenvalue weighted by Crippen LogP contribution is 2.13. The maximum atomic E-state index is 11.6. The fourth-order valence-electron chi connectivity index (χ4n) is 1.23. The van der Waals surface area contributed by atoms with E-state index in [1.165, 1.54) is 7.11 Å². The average Bonchev–Trinajstić information content (AvgIpc) is 2.29. The van der Waals surface area contributed by atoms with E-state index in [9.17, 15) is 4.79 Å². The number of nitrogens with zero attached hydrogens (tertiary/aromatic N) is 2. The second-order valence-corrected chi connectivity index (χ2v) is 3.85. The summed E-state index contributed by atoms with van der Waals surface area (Å²) in [6.07, 6.45) is 1.63. The molecule has 1 amide bonds.